The van der Waals surface area contributed by atoms with Gasteiger partial charge in [0.15, 0.2) is 0 Å². The highest BCUT2D eigenvalue weighted by molar-refractivity contribution is 5.95. The number of amides is 2. The Labute approximate surface area is 172 Å². The first-order valence-electron chi connectivity index (χ1n) is 9.66. The van der Waals surface area contributed by atoms with Gasteiger partial charge in [0.25, 0.3) is 5.91 Å². The maximum atomic E-state index is 12.6. The number of hydrogen-bond acceptors (Lipinski definition) is 3. The van der Waals surface area contributed by atoms with Crippen molar-refractivity contribution >= 4 is 11.8 Å². The van der Waals surface area contributed by atoms with E-state index in [1.54, 1.807) is 31.4 Å². The van der Waals surface area contributed by atoms with Crippen molar-refractivity contribution in [1.82, 2.24) is 10.6 Å². The molecule has 0 heterocycles. The van der Waals surface area contributed by atoms with Crippen LogP contribution in [0, 0.1) is 5.92 Å². The molecule has 0 bridgehead atoms. The number of ether oxygens (including phenoxy) is 1. The third-order valence-electron chi connectivity index (χ3n) is 5.27. The zero-order chi connectivity index (χ0) is 21.7. The second-order valence-electron chi connectivity index (χ2n) is 7.26. The molecule has 2 N–H and O–H groups in total. The van der Waals surface area contributed by atoms with Gasteiger partial charge >= 0.3 is 6.18 Å². The molecule has 30 heavy (non-hydrogen) atoms. The molecule has 2 amide bonds. The van der Waals surface area contributed by atoms with Crippen LogP contribution in [0.15, 0.2) is 48.5 Å². The van der Waals surface area contributed by atoms with Gasteiger partial charge in [0.2, 0.25) is 5.91 Å². The zero-order valence-corrected chi connectivity index (χ0v) is 16.5. The van der Waals surface area contributed by atoms with Crippen molar-refractivity contribution in [3.63, 3.8) is 0 Å². The van der Waals surface area contributed by atoms with Crippen molar-refractivity contribution in [3.8, 4) is 5.75 Å². The van der Waals surface area contributed by atoms with Crippen LogP contribution < -0.4 is 15.4 Å². The Morgan fingerprint density at radius 2 is 1.70 bits per heavy atom. The number of halogens is 3. The van der Waals surface area contributed by atoms with Crippen LogP contribution in [0.25, 0.3) is 0 Å². The van der Waals surface area contributed by atoms with Crippen LogP contribution in [0.3, 0.4) is 0 Å². The van der Waals surface area contributed by atoms with Gasteiger partial charge in [0, 0.05) is 18.2 Å². The molecule has 2 aromatic carbocycles. The van der Waals surface area contributed by atoms with Crippen molar-refractivity contribution in [2.75, 3.05) is 7.11 Å². The first-order valence-corrected chi connectivity index (χ1v) is 9.66. The van der Waals surface area contributed by atoms with Crippen LogP contribution in [0.4, 0.5) is 13.2 Å². The fourth-order valence-corrected chi connectivity index (χ4v) is 3.57. The predicted octanol–water partition coefficient (Wildman–Crippen LogP) is 3.93. The van der Waals surface area contributed by atoms with Crippen LogP contribution in [0.1, 0.15) is 40.7 Å². The van der Waals surface area contributed by atoms with Gasteiger partial charge in [-0.05, 0) is 54.8 Å². The van der Waals surface area contributed by atoms with Gasteiger partial charge in [-0.3, -0.25) is 9.59 Å². The maximum Gasteiger partial charge on any atom is 0.416 e. The highest BCUT2D eigenvalue weighted by Crippen LogP contribution is 2.29. The van der Waals surface area contributed by atoms with E-state index >= 15 is 0 Å². The average molecular weight is 420 g/mol. The zero-order valence-electron chi connectivity index (χ0n) is 16.5. The number of alkyl halides is 3. The second kappa shape index (κ2) is 9.19. The van der Waals surface area contributed by atoms with Gasteiger partial charge in [-0.15, -0.1) is 0 Å². The minimum atomic E-state index is -4.39. The molecule has 2 aromatic rings. The summed E-state index contributed by atoms with van der Waals surface area (Å²) >= 11 is 0. The Bertz CT molecular complexity index is 880. The molecule has 1 aliphatic rings. The van der Waals surface area contributed by atoms with Gasteiger partial charge in [0.05, 0.1) is 18.6 Å². The summed E-state index contributed by atoms with van der Waals surface area (Å²) in [6.45, 7) is 0.132. The Kier molecular flexibility index (Phi) is 6.64. The van der Waals surface area contributed by atoms with E-state index in [1.807, 2.05) is 0 Å². The van der Waals surface area contributed by atoms with Crippen LogP contribution >= 0.6 is 0 Å². The normalized spacial score (nSPS) is 18.7. The summed E-state index contributed by atoms with van der Waals surface area (Å²) < 4.78 is 43.0. The third kappa shape index (κ3) is 5.31. The van der Waals surface area contributed by atoms with Crippen molar-refractivity contribution in [2.45, 2.75) is 38.0 Å². The van der Waals surface area contributed by atoms with Gasteiger partial charge in [-0.25, -0.2) is 0 Å². The summed E-state index contributed by atoms with van der Waals surface area (Å²) in [6, 6.07) is 11.1. The molecule has 160 valence electrons. The first-order chi connectivity index (χ1) is 14.3. The summed E-state index contributed by atoms with van der Waals surface area (Å²) in [4.78, 5) is 25.1. The molecule has 0 spiro atoms. The van der Waals surface area contributed by atoms with E-state index in [0.717, 1.165) is 18.6 Å². The quantitative estimate of drug-likeness (QED) is 0.744. The minimum absolute atomic E-state index is 0.132. The van der Waals surface area contributed by atoms with E-state index in [0.29, 0.717) is 29.7 Å². The van der Waals surface area contributed by atoms with Crippen LogP contribution in [-0.2, 0) is 17.5 Å². The van der Waals surface area contributed by atoms with Gasteiger partial charge in [0.1, 0.15) is 5.75 Å². The molecular formula is C22H23F3N2O3. The van der Waals surface area contributed by atoms with Gasteiger partial charge in [-0.2, -0.15) is 13.2 Å². The van der Waals surface area contributed by atoms with Crippen LogP contribution in [0.2, 0.25) is 0 Å². The van der Waals surface area contributed by atoms with Crippen molar-refractivity contribution < 1.29 is 27.5 Å². The topological polar surface area (TPSA) is 67.4 Å². The molecule has 3 rings (SSSR count). The lowest BCUT2D eigenvalue weighted by atomic mass is 10.0. The fraction of sp³-hybridized carbons (Fsp3) is 0.364. The SMILES string of the molecule is COc1ccc(C(=O)N[C@@H]2CCC[C@@H]2C(=O)NCc2ccc(C(F)(F)F)cc2)cc1. The van der Waals surface area contributed by atoms with Gasteiger partial charge in [-0.1, -0.05) is 18.6 Å². The smallest absolute Gasteiger partial charge is 0.416 e. The highest BCUT2D eigenvalue weighted by atomic mass is 19.4. The van der Waals surface area contributed by atoms with Crippen molar-refractivity contribution in [2.24, 2.45) is 5.92 Å². The Morgan fingerprint density at radius 1 is 1.03 bits per heavy atom. The Balaban J connectivity index is 1.55. The number of carbonyl (C=O) groups excluding carboxylic acids is 2. The molecule has 1 saturated carbocycles. The van der Waals surface area contributed by atoms with Gasteiger partial charge < -0.3 is 15.4 Å². The lowest BCUT2D eigenvalue weighted by Gasteiger charge is -2.21. The molecule has 8 heteroatoms. The molecule has 1 fully saturated rings. The van der Waals surface area contributed by atoms with Crippen LogP contribution in [0.5, 0.6) is 5.75 Å². The molecule has 2 atom stereocenters. The number of hydrogen-bond donors (Lipinski definition) is 2. The number of carbonyl (C=O) groups is 2. The third-order valence-corrected chi connectivity index (χ3v) is 5.27. The molecule has 5 nitrogen and oxygen atoms in total. The predicted molar refractivity (Wildman–Crippen MR) is 105 cm³/mol. The van der Waals surface area contributed by atoms with E-state index in [2.05, 4.69) is 10.6 Å². The monoisotopic (exact) mass is 420 g/mol. The Hall–Kier alpha value is -3.03. The molecule has 0 saturated heterocycles. The lowest BCUT2D eigenvalue weighted by Crippen LogP contribution is -2.43. The van der Waals surface area contributed by atoms with E-state index in [4.69, 9.17) is 4.74 Å². The van der Waals surface area contributed by atoms with Crippen molar-refractivity contribution in [1.29, 1.82) is 0 Å². The number of benzene rings is 2. The van der Waals surface area contributed by atoms with E-state index < -0.39 is 11.7 Å². The molecule has 0 radical (unpaired) electrons. The minimum Gasteiger partial charge on any atom is -0.497 e. The molecule has 1 aliphatic carbocycles. The summed E-state index contributed by atoms with van der Waals surface area (Å²) in [5, 5.41) is 5.69. The van der Waals surface area contributed by atoms with E-state index in [-0.39, 0.29) is 30.3 Å². The Morgan fingerprint density at radius 3 is 2.30 bits per heavy atom. The summed E-state index contributed by atoms with van der Waals surface area (Å²) in [5.41, 5.74) is 0.328. The number of methoxy groups -OCH3 is 1. The van der Waals surface area contributed by atoms with Crippen molar-refractivity contribution in [3.05, 3.63) is 65.2 Å². The number of nitrogens with one attached hydrogen (secondary N) is 2. The molecular weight excluding hydrogens is 397 g/mol. The molecule has 0 aromatic heterocycles. The van der Waals surface area contributed by atoms with E-state index in [1.165, 1.54) is 12.1 Å². The lowest BCUT2D eigenvalue weighted by molar-refractivity contribution is -0.137. The highest BCUT2D eigenvalue weighted by Gasteiger charge is 2.34. The standard InChI is InChI=1S/C22H23F3N2O3/c1-30-17-11-7-15(8-12-17)20(28)27-19-4-2-3-18(19)21(29)26-13-14-5-9-16(10-6-14)22(23,24)25/h5-12,18-19H,2-4,13H2,1H3,(H,26,29)(H,27,28)/t18-,19+/m0/s1. The fourth-order valence-electron chi connectivity index (χ4n) is 3.57. The first kappa shape index (κ1) is 21.7. The largest absolute Gasteiger partial charge is 0.497 e. The summed E-state index contributed by atoms with van der Waals surface area (Å²) in [7, 11) is 1.54. The number of rotatable bonds is 6. The summed E-state index contributed by atoms with van der Waals surface area (Å²) in [6.07, 6.45) is -2.24. The average Bonchev–Trinajstić information content (AvgIpc) is 3.20. The molecule has 0 unspecified atom stereocenters. The maximum absolute atomic E-state index is 12.6. The van der Waals surface area contributed by atoms with E-state index in [9.17, 15) is 22.8 Å². The van der Waals surface area contributed by atoms with Crippen LogP contribution in [-0.4, -0.2) is 25.0 Å². The molecule has 0 aliphatic heterocycles. The second-order valence-corrected chi connectivity index (χ2v) is 7.26. The summed E-state index contributed by atoms with van der Waals surface area (Å²) in [5.74, 6) is -0.202.